The number of ketones is 1. The number of methoxy groups -OCH3 is 1. The highest BCUT2D eigenvalue weighted by molar-refractivity contribution is 5.98. The van der Waals surface area contributed by atoms with E-state index in [1.165, 1.54) is 7.11 Å². The molecule has 0 aromatic rings. The molecule has 0 N–H and O–H groups in total. The number of rotatable bonds is 6. The van der Waals surface area contributed by atoms with Crippen molar-refractivity contribution in [2.24, 2.45) is 5.41 Å². The van der Waals surface area contributed by atoms with Gasteiger partial charge < -0.3 is 9.47 Å². The summed E-state index contributed by atoms with van der Waals surface area (Å²) in [4.78, 5) is 22.6. The van der Waals surface area contributed by atoms with E-state index in [0.717, 1.165) is 0 Å². The van der Waals surface area contributed by atoms with Crippen LogP contribution >= 0.6 is 0 Å². The molecule has 14 heavy (non-hydrogen) atoms. The summed E-state index contributed by atoms with van der Waals surface area (Å²) in [5, 5.41) is 0. The van der Waals surface area contributed by atoms with Gasteiger partial charge in [-0.25, -0.2) is 0 Å². The minimum atomic E-state index is -0.624. The second kappa shape index (κ2) is 5.75. The Morgan fingerprint density at radius 3 is 2.29 bits per heavy atom. The van der Waals surface area contributed by atoms with E-state index in [9.17, 15) is 9.59 Å². The second-order valence-corrected chi connectivity index (χ2v) is 3.72. The Morgan fingerprint density at radius 2 is 1.86 bits per heavy atom. The molecule has 0 unspecified atom stereocenters. The highest BCUT2D eigenvalue weighted by atomic mass is 16.5. The third-order valence-corrected chi connectivity index (χ3v) is 1.87. The molecule has 0 amide bonds. The normalized spacial score (nSPS) is 11.1. The highest BCUT2D eigenvalue weighted by Gasteiger charge is 2.29. The van der Waals surface area contributed by atoms with Gasteiger partial charge in [0, 0.05) is 12.5 Å². The molecule has 4 heteroatoms. The Morgan fingerprint density at radius 1 is 1.29 bits per heavy atom. The summed E-state index contributed by atoms with van der Waals surface area (Å²) < 4.78 is 9.58. The standard InChI is InChI=1S/C10H18O4/c1-5-14-9(12)6-8(11)10(2,3)7-13-4/h5-7H2,1-4H3. The van der Waals surface area contributed by atoms with Crippen LogP contribution in [0.25, 0.3) is 0 Å². The van der Waals surface area contributed by atoms with Crippen molar-refractivity contribution in [3.05, 3.63) is 0 Å². The van der Waals surface area contributed by atoms with Crippen LogP contribution in [0.3, 0.4) is 0 Å². The monoisotopic (exact) mass is 202 g/mol. The number of hydrogen-bond donors (Lipinski definition) is 0. The van der Waals surface area contributed by atoms with Gasteiger partial charge >= 0.3 is 5.97 Å². The van der Waals surface area contributed by atoms with E-state index in [0.29, 0.717) is 13.2 Å². The van der Waals surface area contributed by atoms with Gasteiger partial charge in [-0.2, -0.15) is 0 Å². The lowest BCUT2D eigenvalue weighted by molar-refractivity contribution is -0.148. The minimum absolute atomic E-state index is 0.155. The Bertz CT molecular complexity index is 208. The minimum Gasteiger partial charge on any atom is -0.466 e. The van der Waals surface area contributed by atoms with Crippen molar-refractivity contribution >= 4 is 11.8 Å². The molecule has 0 bridgehead atoms. The quantitative estimate of drug-likeness (QED) is 0.479. The first-order chi connectivity index (χ1) is 6.44. The molecule has 0 spiro atoms. The van der Waals surface area contributed by atoms with Gasteiger partial charge in [0.2, 0.25) is 0 Å². The zero-order chi connectivity index (χ0) is 11.2. The van der Waals surface area contributed by atoms with Crippen LogP contribution in [0.15, 0.2) is 0 Å². The summed E-state index contributed by atoms with van der Waals surface area (Å²) >= 11 is 0. The van der Waals surface area contributed by atoms with E-state index >= 15 is 0 Å². The molecule has 0 fully saturated rings. The second-order valence-electron chi connectivity index (χ2n) is 3.72. The Hall–Kier alpha value is -0.900. The average Bonchev–Trinajstić information content (AvgIpc) is 2.04. The first-order valence-electron chi connectivity index (χ1n) is 4.62. The lowest BCUT2D eigenvalue weighted by Gasteiger charge is -2.21. The van der Waals surface area contributed by atoms with Crippen molar-refractivity contribution in [2.75, 3.05) is 20.3 Å². The molecule has 0 saturated carbocycles. The van der Waals surface area contributed by atoms with Crippen molar-refractivity contribution in [1.82, 2.24) is 0 Å². The van der Waals surface area contributed by atoms with E-state index < -0.39 is 11.4 Å². The predicted octanol–water partition coefficient (Wildman–Crippen LogP) is 1.18. The molecule has 0 atom stereocenters. The Balaban J connectivity index is 4.12. The largest absolute Gasteiger partial charge is 0.466 e. The molecule has 0 aliphatic rings. The first kappa shape index (κ1) is 13.1. The van der Waals surface area contributed by atoms with Gasteiger partial charge in [-0.1, -0.05) is 13.8 Å². The van der Waals surface area contributed by atoms with E-state index in [-0.39, 0.29) is 12.2 Å². The molecular formula is C10H18O4. The SMILES string of the molecule is CCOC(=O)CC(=O)C(C)(C)COC. The first-order valence-corrected chi connectivity index (χ1v) is 4.62. The van der Waals surface area contributed by atoms with Gasteiger partial charge in [0.15, 0.2) is 5.78 Å². The number of carbonyl (C=O) groups excluding carboxylic acids is 2. The maximum Gasteiger partial charge on any atom is 0.313 e. The maximum absolute atomic E-state index is 11.6. The van der Waals surface area contributed by atoms with Gasteiger partial charge in [0.25, 0.3) is 0 Å². The van der Waals surface area contributed by atoms with Crippen molar-refractivity contribution in [3.63, 3.8) is 0 Å². The fourth-order valence-electron chi connectivity index (χ4n) is 1.02. The van der Waals surface area contributed by atoms with Crippen molar-refractivity contribution in [2.45, 2.75) is 27.2 Å². The molecule has 0 radical (unpaired) electrons. The fourth-order valence-corrected chi connectivity index (χ4v) is 1.02. The predicted molar refractivity (Wildman–Crippen MR) is 51.9 cm³/mol. The summed E-state index contributed by atoms with van der Waals surface area (Å²) in [6.45, 7) is 5.82. The summed E-state index contributed by atoms with van der Waals surface area (Å²) in [7, 11) is 1.53. The third kappa shape index (κ3) is 4.37. The van der Waals surface area contributed by atoms with Gasteiger partial charge in [-0.05, 0) is 6.92 Å². The molecule has 4 nitrogen and oxygen atoms in total. The van der Waals surface area contributed by atoms with Crippen molar-refractivity contribution < 1.29 is 19.1 Å². The van der Waals surface area contributed by atoms with Gasteiger partial charge in [-0.3, -0.25) is 9.59 Å². The van der Waals surface area contributed by atoms with Crippen LogP contribution in [0.4, 0.5) is 0 Å². The lowest BCUT2D eigenvalue weighted by atomic mass is 9.87. The van der Waals surface area contributed by atoms with E-state index in [2.05, 4.69) is 4.74 Å². The van der Waals surface area contributed by atoms with Crippen LogP contribution in [-0.2, 0) is 19.1 Å². The zero-order valence-electron chi connectivity index (χ0n) is 9.25. The zero-order valence-corrected chi connectivity index (χ0v) is 9.25. The smallest absolute Gasteiger partial charge is 0.313 e. The van der Waals surface area contributed by atoms with Crippen molar-refractivity contribution in [1.29, 1.82) is 0 Å². The molecule has 0 aromatic heterocycles. The Labute approximate surface area is 84.6 Å². The number of ether oxygens (including phenoxy) is 2. The van der Waals surface area contributed by atoms with E-state index in [4.69, 9.17) is 4.74 Å². The van der Waals surface area contributed by atoms with Gasteiger partial charge in [0.1, 0.15) is 6.42 Å². The van der Waals surface area contributed by atoms with Crippen LogP contribution < -0.4 is 0 Å². The van der Waals surface area contributed by atoms with Crippen LogP contribution in [0.1, 0.15) is 27.2 Å². The average molecular weight is 202 g/mol. The summed E-state index contributed by atoms with van der Waals surface area (Å²) in [6.07, 6.45) is -0.176. The molecule has 0 saturated heterocycles. The summed E-state index contributed by atoms with van der Waals surface area (Å²) in [5.74, 6) is -0.625. The van der Waals surface area contributed by atoms with E-state index in [1.807, 2.05) is 0 Å². The van der Waals surface area contributed by atoms with Crippen molar-refractivity contribution in [3.8, 4) is 0 Å². The van der Waals surface area contributed by atoms with Crippen LogP contribution in [0, 0.1) is 5.41 Å². The van der Waals surface area contributed by atoms with Crippen LogP contribution in [-0.4, -0.2) is 32.1 Å². The number of esters is 1. The lowest BCUT2D eigenvalue weighted by Crippen LogP contribution is -2.31. The number of Topliss-reactive ketones (excluding diaryl/α,β-unsaturated/α-hetero) is 1. The third-order valence-electron chi connectivity index (χ3n) is 1.87. The van der Waals surface area contributed by atoms with Crippen LogP contribution in [0.5, 0.6) is 0 Å². The molecule has 0 rings (SSSR count). The van der Waals surface area contributed by atoms with Crippen LogP contribution in [0.2, 0.25) is 0 Å². The topological polar surface area (TPSA) is 52.6 Å². The molecule has 82 valence electrons. The Kier molecular flexibility index (Phi) is 5.38. The highest BCUT2D eigenvalue weighted by Crippen LogP contribution is 2.18. The maximum atomic E-state index is 11.6. The molecule has 0 aliphatic heterocycles. The molecular weight excluding hydrogens is 184 g/mol. The van der Waals surface area contributed by atoms with Gasteiger partial charge in [0.05, 0.1) is 13.2 Å². The fraction of sp³-hybridized carbons (Fsp3) is 0.800. The molecule has 0 heterocycles. The summed E-state index contributed by atoms with van der Waals surface area (Å²) in [5.41, 5.74) is -0.624. The summed E-state index contributed by atoms with van der Waals surface area (Å²) in [6, 6.07) is 0. The molecule has 0 aromatic carbocycles. The number of carbonyl (C=O) groups is 2. The van der Waals surface area contributed by atoms with E-state index in [1.54, 1.807) is 20.8 Å². The number of hydrogen-bond acceptors (Lipinski definition) is 4. The van der Waals surface area contributed by atoms with Gasteiger partial charge in [-0.15, -0.1) is 0 Å². The molecule has 0 aliphatic carbocycles.